The zero-order valence-corrected chi connectivity index (χ0v) is 18.8. The van der Waals surface area contributed by atoms with Gasteiger partial charge < -0.3 is 24.9 Å². The van der Waals surface area contributed by atoms with Crippen LogP contribution in [0.3, 0.4) is 0 Å². The Balaban J connectivity index is 0.00000289. The Hall–Kier alpha value is -4.18. The molecule has 2 amide bonds. The molecule has 11 heteroatoms. The summed E-state index contributed by atoms with van der Waals surface area (Å²) in [6.45, 7) is 0.622. The van der Waals surface area contributed by atoms with E-state index < -0.39 is 12.4 Å². The molecule has 0 fully saturated rings. The first kappa shape index (κ1) is 24.0. The van der Waals surface area contributed by atoms with E-state index in [2.05, 4.69) is 29.9 Å². The molecule has 0 aliphatic heterocycles. The standard InChI is InChI=1S/C24H18F3N5O2.ClH/c25-24(26,27)34-17-8-6-16(7-9-17)30-23(33)31-20-4-1-5-21-19(20)10-12-32(21)14-15-13-29-22-18(15)3-2-11-28-22;/h1-13H,14H2,(H,28,29)(H2,30,31,33);1H. The van der Waals surface area contributed by atoms with Crippen molar-refractivity contribution in [3.63, 3.8) is 0 Å². The van der Waals surface area contributed by atoms with Crippen molar-refractivity contribution < 1.29 is 22.7 Å². The minimum atomic E-state index is -4.77. The van der Waals surface area contributed by atoms with Gasteiger partial charge in [0.15, 0.2) is 0 Å². The second kappa shape index (κ2) is 9.59. The third kappa shape index (κ3) is 5.33. The highest BCUT2D eigenvalue weighted by Crippen LogP contribution is 2.27. The normalized spacial score (nSPS) is 11.3. The van der Waals surface area contributed by atoms with Crippen molar-refractivity contribution >= 4 is 51.7 Å². The lowest BCUT2D eigenvalue weighted by Gasteiger charge is -2.11. The number of pyridine rings is 1. The number of amides is 2. The number of carbonyl (C=O) groups is 1. The molecule has 3 heterocycles. The lowest BCUT2D eigenvalue weighted by Crippen LogP contribution is -2.20. The molecule has 0 saturated heterocycles. The van der Waals surface area contributed by atoms with E-state index in [1.165, 1.54) is 12.1 Å². The molecule has 5 rings (SSSR count). The number of hydrogen-bond acceptors (Lipinski definition) is 3. The van der Waals surface area contributed by atoms with Crippen molar-refractivity contribution in [3.8, 4) is 5.75 Å². The molecule has 0 saturated carbocycles. The van der Waals surface area contributed by atoms with Crippen molar-refractivity contribution in [2.45, 2.75) is 12.9 Å². The zero-order valence-electron chi connectivity index (χ0n) is 18.0. The van der Waals surface area contributed by atoms with Crippen LogP contribution >= 0.6 is 12.4 Å². The fourth-order valence-electron chi connectivity index (χ4n) is 3.82. The number of urea groups is 1. The Labute approximate surface area is 203 Å². The number of ether oxygens (including phenoxy) is 1. The SMILES string of the molecule is Cl.O=C(Nc1ccc(OC(F)(F)F)cc1)Nc1cccc2c1ccn2Cc1c[nH]c2ncccc12. The van der Waals surface area contributed by atoms with E-state index in [0.717, 1.165) is 39.6 Å². The molecular weight excluding hydrogens is 483 g/mol. The number of anilines is 2. The van der Waals surface area contributed by atoms with Gasteiger partial charge in [-0.3, -0.25) is 0 Å². The smallest absolute Gasteiger partial charge is 0.406 e. The van der Waals surface area contributed by atoms with Gasteiger partial charge in [-0.05, 0) is 60.2 Å². The molecule has 35 heavy (non-hydrogen) atoms. The summed E-state index contributed by atoms with van der Waals surface area (Å²) in [5.41, 5.74) is 3.78. The highest BCUT2D eigenvalue weighted by Gasteiger charge is 2.31. The maximum absolute atomic E-state index is 12.5. The van der Waals surface area contributed by atoms with Gasteiger partial charge in [0.1, 0.15) is 11.4 Å². The number of carbonyl (C=O) groups excluding carboxylic acids is 1. The molecule has 0 unspecified atom stereocenters. The molecular formula is C24H19ClF3N5O2. The van der Waals surface area contributed by atoms with Gasteiger partial charge in [-0.2, -0.15) is 0 Å². The summed E-state index contributed by atoms with van der Waals surface area (Å²) in [5, 5.41) is 7.30. The molecule has 5 aromatic rings. The Morgan fingerprint density at radius 1 is 1.00 bits per heavy atom. The molecule has 0 aliphatic rings. The van der Waals surface area contributed by atoms with Gasteiger partial charge in [0, 0.05) is 41.6 Å². The molecule has 2 aromatic carbocycles. The average Bonchev–Trinajstić information content (AvgIpc) is 3.40. The van der Waals surface area contributed by atoms with Crippen LogP contribution in [0.2, 0.25) is 0 Å². The van der Waals surface area contributed by atoms with Gasteiger partial charge in [-0.25, -0.2) is 9.78 Å². The first-order valence-corrected chi connectivity index (χ1v) is 10.3. The number of nitrogens with zero attached hydrogens (tertiary/aromatic N) is 2. The van der Waals surface area contributed by atoms with Crippen molar-refractivity contribution in [2.24, 2.45) is 0 Å². The quantitative estimate of drug-likeness (QED) is 0.256. The first-order chi connectivity index (χ1) is 16.4. The predicted octanol–water partition coefficient (Wildman–Crippen LogP) is 6.53. The lowest BCUT2D eigenvalue weighted by atomic mass is 10.2. The van der Waals surface area contributed by atoms with Gasteiger partial charge in [0.25, 0.3) is 0 Å². The Bertz CT molecular complexity index is 1480. The van der Waals surface area contributed by atoms with E-state index in [1.54, 1.807) is 12.3 Å². The minimum absolute atomic E-state index is 0. The number of benzene rings is 2. The Morgan fingerprint density at radius 2 is 1.80 bits per heavy atom. The monoisotopic (exact) mass is 501 g/mol. The minimum Gasteiger partial charge on any atom is -0.406 e. The Morgan fingerprint density at radius 3 is 2.57 bits per heavy atom. The summed E-state index contributed by atoms with van der Waals surface area (Å²) < 4.78 is 42.8. The van der Waals surface area contributed by atoms with Crippen LogP contribution in [0.1, 0.15) is 5.56 Å². The largest absolute Gasteiger partial charge is 0.573 e. The van der Waals surface area contributed by atoms with Crippen LogP contribution < -0.4 is 15.4 Å². The first-order valence-electron chi connectivity index (χ1n) is 10.3. The molecule has 7 nitrogen and oxygen atoms in total. The number of halogens is 4. The molecule has 0 aliphatic carbocycles. The summed E-state index contributed by atoms with van der Waals surface area (Å²) in [5.74, 6) is -0.365. The number of aromatic nitrogens is 3. The summed E-state index contributed by atoms with van der Waals surface area (Å²) >= 11 is 0. The number of nitrogens with one attached hydrogen (secondary N) is 3. The fourth-order valence-corrected chi connectivity index (χ4v) is 3.82. The fraction of sp³-hybridized carbons (Fsp3) is 0.0833. The lowest BCUT2D eigenvalue weighted by molar-refractivity contribution is -0.274. The Kier molecular flexibility index (Phi) is 6.57. The van der Waals surface area contributed by atoms with Crippen LogP contribution in [-0.2, 0) is 6.54 Å². The third-order valence-corrected chi connectivity index (χ3v) is 5.29. The summed E-state index contributed by atoms with van der Waals surface area (Å²) in [7, 11) is 0. The molecule has 0 spiro atoms. The number of H-pyrrole nitrogens is 1. The van der Waals surface area contributed by atoms with Crippen LogP contribution in [-0.4, -0.2) is 26.9 Å². The van der Waals surface area contributed by atoms with E-state index in [-0.39, 0.29) is 18.2 Å². The van der Waals surface area contributed by atoms with Gasteiger partial charge >= 0.3 is 12.4 Å². The van der Waals surface area contributed by atoms with Gasteiger partial charge in [-0.15, -0.1) is 25.6 Å². The topological polar surface area (TPSA) is 84.0 Å². The van der Waals surface area contributed by atoms with E-state index in [9.17, 15) is 18.0 Å². The molecule has 3 aromatic heterocycles. The van der Waals surface area contributed by atoms with E-state index >= 15 is 0 Å². The molecule has 0 radical (unpaired) electrons. The van der Waals surface area contributed by atoms with Crippen LogP contribution in [0.4, 0.5) is 29.3 Å². The summed E-state index contributed by atoms with van der Waals surface area (Å²) in [4.78, 5) is 20.0. The number of aromatic amines is 1. The van der Waals surface area contributed by atoms with Gasteiger partial charge in [0.05, 0.1) is 11.2 Å². The number of hydrogen-bond donors (Lipinski definition) is 3. The predicted molar refractivity (Wildman–Crippen MR) is 130 cm³/mol. The molecule has 180 valence electrons. The average molecular weight is 502 g/mol. The number of alkyl halides is 3. The third-order valence-electron chi connectivity index (χ3n) is 5.29. The molecule has 0 atom stereocenters. The van der Waals surface area contributed by atoms with E-state index in [0.29, 0.717) is 17.9 Å². The maximum Gasteiger partial charge on any atom is 0.573 e. The highest BCUT2D eigenvalue weighted by molar-refractivity contribution is 6.05. The summed E-state index contributed by atoms with van der Waals surface area (Å²) in [6.07, 6.45) is 0.847. The number of fused-ring (bicyclic) bond motifs is 2. The summed E-state index contributed by atoms with van der Waals surface area (Å²) in [6, 6.07) is 15.8. The van der Waals surface area contributed by atoms with Crippen LogP contribution in [0.25, 0.3) is 21.9 Å². The van der Waals surface area contributed by atoms with Crippen LogP contribution in [0.5, 0.6) is 5.75 Å². The van der Waals surface area contributed by atoms with Gasteiger partial charge in [-0.1, -0.05) is 6.07 Å². The van der Waals surface area contributed by atoms with Gasteiger partial charge in [0.2, 0.25) is 0 Å². The van der Waals surface area contributed by atoms with Crippen LogP contribution in [0.15, 0.2) is 79.3 Å². The van der Waals surface area contributed by atoms with E-state index in [4.69, 9.17) is 0 Å². The van der Waals surface area contributed by atoms with Crippen molar-refractivity contribution in [1.82, 2.24) is 14.5 Å². The van der Waals surface area contributed by atoms with Crippen molar-refractivity contribution in [1.29, 1.82) is 0 Å². The molecule has 0 bridgehead atoms. The van der Waals surface area contributed by atoms with E-state index in [1.807, 2.05) is 42.7 Å². The van der Waals surface area contributed by atoms with Crippen molar-refractivity contribution in [2.75, 3.05) is 10.6 Å². The maximum atomic E-state index is 12.5. The number of rotatable bonds is 5. The molecule has 3 N–H and O–H groups in total. The van der Waals surface area contributed by atoms with Crippen molar-refractivity contribution in [3.05, 3.63) is 84.8 Å². The second-order valence-electron chi connectivity index (χ2n) is 7.55. The second-order valence-corrected chi connectivity index (χ2v) is 7.55. The van der Waals surface area contributed by atoms with Crippen LogP contribution in [0, 0.1) is 0 Å². The highest BCUT2D eigenvalue weighted by atomic mass is 35.5. The zero-order chi connectivity index (χ0) is 23.7.